The quantitative estimate of drug-likeness (QED) is 0.357. The molecule has 0 radical (unpaired) electrons. The Morgan fingerprint density at radius 1 is 1.11 bits per heavy atom. The molecule has 2 aliphatic heterocycles. The standard InChI is InChI=1S/C37H56N2O4S/c1-25-20-35-36(39(23-25)18-17-38-44(41,42)19-15-28-8-6-5-7-9-28)26(2)10-12-31-32-13-11-29-21-30(40)14-16-37(29,4)34(32)22-33(31)27(3)24-43-35/h5-9,11,25-26,30-32,34-36,38,40H,10,12-24H2,1-4H3/b33-27-/t25-,26-,30-,31-,32-,34-,35+,36-,37-/m0/s1. The third kappa shape index (κ3) is 6.78. The highest BCUT2D eigenvalue weighted by molar-refractivity contribution is 7.89. The fourth-order valence-corrected chi connectivity index (χ4v) is 11.0. The van der Waals surface area contributed by atoms with Crippen LogP contribution < -0.4 is 4.72 Å². The second kappa shape index (κ2) is 13.3. The van der Waals surface area contributed by atoms with E-state index in [1.54, 1.807) is 5.57 Å². The van der Waals surface area contributed by atoms with Crippen LogP contribution in [0.2, 0.25) is 0 Å². The molecule has 44 heavy (non-hydrogen) atoms. The Bertz CT molecular complexity index is 1330. The maximum absolute atomic E-state index is 12.8. The fourth-order valence-electron chi connectivity index (χ4n) is 9.97. The van der Waals surface area contributed by atoms with Crippen LogP contribution in [-0.4, -0.2) is 68.7 Å². The van der Waals surface area contributed by atoms with E-state index in [0.29, 0.717) is 55.2 Å². The first-order chi connectivity index (χ1) is 21.0. The first-order valence-corrected chi connectivity index (χ1v) is 19.1. The van der Waals surface area contributed by atoms with Gasteiger partial charge in [0.1, 0.15) is 0 Å². The molecular formula is C37H56N2O4S. The van der Waals surface area contributed by atoms with Crippen molar-refractivity contribution in [1.82, 2.24) is 9.62 Å². The van der Waals surface area contributed by atoms with Crippen molar-refractivity contribution in [2.24, 2.45) is 35.0 Å². The van der Waals surface area contributed by atoms with Gasteiger partial charge in [-0.1, -0.05) is 68.3 Å². The van der Waals surface area contributed by atoms with Gasteiger partial charge in [-0.25, -0.2) is 13.1 Å². The van der Waals surface area contributed by atoms with Gasteiger partial charge in [0.05, 0.1) is 24.6 Å². The number of likely N-dealkylation sites (tertiary alicyclic amines) is 1. The topological polar surface area (TPSA) is 78.9 Å². The Hall–Kier alpha value is -1.51. The zero-order valence-electron chi connectivity index (χ0n) is 27.5. The molecule has 2 N–H and O–H groups in total. The van der Waals surface area contributed by atoms with Gasteiger partial charge in [-0.15, -0.1) is 0 Å². The number of aryl methyl sites for hydroxylation is 1. The molecule has 3 fully saturated rings. The van der Waals surface area contributed by atoms with Gasteiger partial charge in [-0.2, -0.15) is 0 Å². The lowest BCUT2D eigenvalue weighted by molar-refractivity contribution is -0.0714. The summed E-state index contributed by atoms with van der Waals surface area (Å²) in [6, 6.07) is 10.2. The van der Waals surface area contributed by atoms with Crippen molar-refractivity contribution < 1.29 is 18.3 Å². The van der Waals surface area contributed by atoms with E-state index in [1.165, 1.54) is 30.4 Å². The van der Waals surface area contributed by atoms with E-state index >= 15 is 0 Å². The molecule has 2 saturated carbocycles. The van der Waals surface area contributed by atoms with Crippen molar-refractivity contribution in [2.75, 3.05) is 32.0 Å². The van der Waals surface area contributed by atoms with E-state index in [9.17, 15) is 13.5 Å². The second-order valence-corrected chi connectivity index (χ2v) is 17.3. The number of hydrogen-bond acceptors (Lipinski definition) is 5. The maximum atomic E-state index is 12.8. The summed E-state index contributed by atoms with van der Waals surface area (Å²) in [4.78, 5) is 2.55. The Labute approximate surface area is 266 Å². The molecule has 0 bridgehead atoms. The molecule has 2 heterocycles. The summed E-state index contributed by atoms with van der Waals surface area (Å²) in [5.74, 6) is 3.11. The Balaban J connectivity index is 1.13. The Kier molecular flexibility index (Phi) is 9.81. The lowest BCUT2D eigenvalue weighted by Crippen LogP contribution is -2.56. The predicted molar refractivity (Wildman–Crippen MR) is 178 cm³/mol. The average Bonchev–Trinajstić information content (AvgIpc) is 3.38. The third-order valence-corrected chi connectivity index (χ3v) is 13.7. The number of benzene rings is 1. The van der Waals surface area contributed by atoms with Gasteiger partial charge < -0.3 is 9.84 Å². The van der Waals surface area contributed by atoms with E-state index in [2.05, 4.69) is 43.4 Å². The molecule has 1 aromatic rings. The van der Waals surface area contributed by atoms with E-state index in [-0.39, 0.29) is 23.4 Å². The number of sulfonamides is 1. The molecule has 0 amide bonds. The summed E-state index contributed by atoms with van der Waals surface area (Å²) >= 11 is 0. The minimum atomic E-state index is -3.34. The van der Waals surface area contributed by atoms with Crippen LogP contribution in [0.15, 0.2) is 53.1 Å². The first kappa shape index (κ1) is 32.4. The van der Waals surface area contributed by atoms with Crippen LogP contribution in [0.1, 0.15) is 84.6 Å². The maximum Gasteiger partial charge on any atom is 0.211 e. The minimum Gasteiger partial charge on any atom is -0.393 e. The summed E-state index contributed by atoms with van der Waals surface area (Å²) in [5.41, 5.74) is 5.93. The lowest BCUT2D eigenvalue weighted by atomic mass is 9.56. The highest BCUT2D eigenvalue weighted by Crippen LogP contribution is 2.62. The Morgan fingerprint density at radius 3 is 2.70 bits per heavy atom. The van der Waals surface area contributed by atoms with Gasteiger partial charge in [0.15, 0.2) is 0 Å². The zero-order valence-corrected chi connectivity index (χ0v) is 28.3. The van der Waals surface area contributed by atoms with Crippen molar-refractivity contribution in [2.45, 2.75) is 104 Å². The monoisotopic (exact) mass is 624 g/mol. The van der Waals surface area contributed by atoms with Gasteiger partial charge in [-0.05, 0) is 111 Å². The van der Waals surface area contributed by atoms with Crippen molar-refractivity contribution in [1.29, 1.82) is 0 Å². The Morgan fingerprint density at radius 2 is 1.91 bits per heavy atom. The lowest BCUT2D eigenvalue weighted by Gasteiger charge is -2.49. The number of fused-ring (bicyclic) bond motifs is 6. The van der Waals surface area contributed by atoms with Crippen LogP contribution in [-0.2, 0) is 21.2 Å². The number of rotatable bonds is 7. The molecule has 0 unspecified atom stereocenters. The molecule has 244 valence electrons. The van der Waals surface area contributed by atoms with E-state index < -0.39 is 10.0 Å². The number of nitrogens with zero attached hydrogens (tertiary/aromatic N) is 1. The number of allylic oxidation sites excluding steroid dienone is 2. The summed E-state index contributed by atoms with van der Waals surface area (Å²) in [7, 11) is -3.34. The number of aliphatic hydroxyl groups excluding tert-OH is 1. The number of nitrogens with one attached hydrogen (secondary N) is 1. The predicted octanol–water partition coefficient (Wildman–Crippen LogP) is 6.12. The van der Waals surface area contributed by atoms with Crippen LogP contribution in [0.5, 0.6) is 0 Å². The molecule has 0 spiro atoms. The normalized spacial score (nSPS) is 39.9. The van der Waals surface area contributed by atoms with Crippen LogP contribution in [0.3, 0.4) is 0 Å². The molecule has 3 aliphatic carbocycles. The van der Waals surface area contributed by atoms with Gasteiger partial charge in [0, 0.05) is 25.7 Å². The van der Waals surface area contributed by atoms with Gasteiger partial charge in [0.25, 0.3) is 0 Å². The highest BCUT2D eigenvalue weighted by atomic mass is 32.2. The fraction of sp³-hybridized carbons (Fsp3) is 0.730. The summed E-state index contributed by atoms with van der Waals surface area (Å²) < 4.78 is 35.5. The minimum absolute atomic E-state index is 0.118. The molecule has 6 rings (SSSR count). The van der Waals surface area contributed by atoms with Crippen LogP contribution in [0.4, 0.5) is 0 Å². The van der Waals surface area contributed by atoms with E-state index in [1.807, 2.05) is 30.3 Å². The largest absolute Gasteiger partial charge is 0.393 e. The summed E-state index contributed by atoms with van der Waals surface area (Å²) in [6.45, 7) is 12.4. The van der Waals surface area contributed by atoms with Gasteiger partial charge in [0.2, 0.25) is 10.0 Å². The van der Waals surface area contributed by atoms with Crippen molar-refractivity contribution in [3.8, 4) is 0 Å². The smallest absolute Gasteiger partial charge is 0.211 e. The highest BCUT2D eigenvalue weighted by Gasteiger charge is 2.53. The third-order valence-electron chi connectivity index (χ3n) is 12.3. The van der Waals surface area contributed by atoms with Crippen LogP contribution >= 0.6 is 0 Å². The molecule has 1 saturated heterocycles. The van der Waals surface area contributed by atoms with Crippen LogP contribution in [0.25, 0.3) is 0 Å². The second-order valence-electron chi connectivity index (χ2n) is 15.3. The number of piperidine rings is 1. The van der Waals surface area contributed by atoms with Gasteiger partial charge in [-0.3, -0.25) is 4.90 Å². The van der Waals surface area contributed by atoms with Crippen molar-refractivity contribution in [3.05, 3.63) is 58.7 Å². The molecule has 9 atom stereocenters. The summed E-state index contributed by atoms with van der Waals surface area (Å²) in [6.07, 6.45) is 11.8. The molecule has 6 nitrogen and oxygen atoms in total. The molecule has 0 aromatic heterocycles. The van der Waals surface area contributed by atoms with Crippen molar-refractivity contribution >= 4 is 10.0 Å². The number of hydrogen-bond donors (Lipinski definition) is 2. The van der Waals surface area contributed by atoms with Gasteiger partial charge >= 0.3 is 0 Å². The average molecular weight is 625 g/mol. The number of ether oxygens (including phenoxy) is 1. The number of aliphatic hydroxyl groups is 1. The molecule has 1 aromatic carbocycles. The summed E-state index contributed by atoms with van der Waals surface area (Å²) in [5, 5.41) is 10.4. The molecular weight excluding hydrogens is 568 g/mol. The zero-order chi connectivity index (χ0) is 31.1. The first-order valence-electron chi connectivity index (χ1n) is 17.5. The molecule has 5 aliphatic rings. The SMILES string of the molecule is C/C1=C2\C[C@H]3[C@@H](CC=C4C[C@@H](O)CC[C@@]43C)[C@@H]2CC[C@H](C)[C@H]2[C@@H](C[C@H](C)CN2CCNS(=O)(=O)CCc2ccccc2)OC1. The van der Waals surface area contributed by atoms with E-state index in [0.717, 1.165) is 50.8 Å². The molecule has 7 heteroatoms. The van der Waals surface area contributed by atoms with Crippen molar-refractivity contribution in [3.63, 3.8) is 0 Å². The van der Waals surface area contributed by atoms with Crippen LogP contribution in [0, 0.1) is 35.0 Å². The van der Waals surface area contributed by atoms with E-state index in [4.69, 9.17) is 4.74 Å².